The number of aryl methyl sites for hydroxylation is 1. The average molecular weight is 267 g/mol. The first-order valence-corrected chi connectivity index (χ1v) is 6.24. The van der Waals surface area contributed by atoms with Crippen LogP contribution in [0.1, 0.15) is 32.8 Å². The summed E-state index contributed by atoms with van der Waals surface area (Å²) in [5.74, 6) is 0.156. The van der Waals surface area contributed by atoms with Crippen LogP contribution in [0.15, 0.2) is 18.2 Å². The van der Waals surface area contributed by atoms with Crippen LogP contribution in [0.4, 0.5) is 10.5 Å². The molecule has 0 aliphatic rings. The largest absolute Gasteiger partial charge is 0.508 e. The van der Waals surface area contributed by atoms with Gasteiger partial charge in [-0.1, -0.05) is 0 Å². The lowest BCUT2D eigenvalue weighted by molar-refractivity contribution is 0.0636. The Morgan fingerprint density at radius 1 is 1.37 bits per heavy atom. The molecule has 0 saturated heterocycles. The standard InChI is InChI=1S/C14H21NO4/c1-14(2,3)19-13(18)15-11-6-7-12(17)10(9-11)5-4-8-16/h6-7,9,16-17H,4-5,8H2,1-3H3,(H,15,18). The van der Waals surface area contributed by atoms with E-state index in [-0.39, 0.29) is 12.4 Å². The highest BCUT2D eigenvalue weighted by molar-refractivity contribution is 5.85. The fourth-order valence-electron chi connectivity index (χ4n) is 1.55. The minimum absolute atomic E-state index is 0.0587. The Labute approximate surface area is 113 Å². The van der Waals surface area contributed by atoms with E-state index in [1.807, 2.05) is 0 Å². The van der Waals surface area contributed by atoms with Crippen molar-refractivity contribution in [3.63, 3.8) is 0 Å². The molecule has 106 valence electrons. The van der Waals surface area contributed by atoms with E-state index < -0.39 is 11.7 Å². The summed E-state index contributed by atoms with van der Waals surface area (Å²) in [5, 5.41) is 21.1. The van der Waals surface area contributed by atoms with Gasteiger partial charge in [-0.2, -0.15) is 0 Å². The number of carbonyl (C=O) groups is 1. The van der Waals surface area contributed by atoms with Crippen molar-refractivity contribution in [1.29, 1.82) is 0 Å². The molecular weight excluding hydrogens is 246 g/mol. The van der Waals surface area contributed by atoms with E-state index in [0.717, 1.165) is 0 Å². The van der Waals surface area contributed by atoms with Crippen molar-refractivity contribution in [1.82, 2.24) is 0 Å². The average Bonchev–Trinajstić information content (AvgIpc) is 2.27. The number of benzene rings is 1. The highest BCUT2D eigenvalue weighted by Gasteiger charge is 2.16. The lowest BCUT2D eigenvalue weighted by Gasteiger charge is -2.19. The molecular formula is C14H21NO4. The lowest BCUT2D eigenvalue weighted by Crippen LogP contribution is -2.27. The molecule has 0 fully saturated rings. The van der Waals surface area contributed by atoms with Gasteiger partial charge in [0.25, 0.3) is 0 Å². The van der Waals surface area contributed by atoms with E-state index in [1.54, 1.807) is 32.9 Å². The van der Waals surface area contributed by atoms with Gasteiger partial charge in [0, 0.05) is 12.3 Å². The summed E-state index contributed by atoms with van der Waals surface area (Å²) in [4.78, 5) is 11.6. The Hall–Kier alpha value is -1.75. The second kappa shape index (κ2) is 6.43. The number of hydrogen-bond donors (Lipinski definition) is 3. The van der Waals surface area contributed by atoms with Gasteiger partial charge in [-0.3, -0.25) is 5.32 Å². The molecule has 0 spiro atoms. The normalized spacial score (nSPS) is 11.2. The van der Waals surface area contributed by atoms with E-state index in [1.165, 1.54) is 6.07 Å². The summed E-state index contributed by atoms with van der Waals surface area (Å²) in [6, 6.07) is 4.79. The van der Waals surface area contributed by atoms with Crippen molar-refractivity contribution in [2.45, 2.75) is 39.2 Å². The van der Waals surface area contributed by atoms with Crippen molar-refractivity contribution in [2.24, 2.45) is 0 Å². The molecule has 5 heteroatoms. The van der Waals surface area contributed by atoms with E-state index in [4.69, 9.17) is 9.84 Å². The van der Waals surface area contributed by atoms with Gasteiger partial charge in [-0.15, -0.1) is 0 Å². The van der Waals surface area contributed by atoms with E-state index in [2.05, 4.69) is 5.32 Å². The summed E-state index contributed by atoms with van der Waals surface area (Å²) < 4.78 is 5.14. The Morgan fingerprint density at radius 3 is 2.63 bits per heavy atom. The molecule has 1 rings (SSSR count). The maximum absolute atomic E-state index is 11.6. The zero-order valence-corrected chi connectivity index (χ0v) is 11.6. The van der Waals surface area contributed by atoms with Gasteiger partial charge >= 0.3 is 6.09 Å². The van der Waals surface area contributed by atoms with E-state index in [9.17, 15) is 9.90 Å². The fraction of sp³-hybridized carbons (Fsp3) is 0.500. The van der Waals surface area contributed by atoms with Crippen LogP contribution >= 0.6 is 0 Å². The highest BCUT2D eigenvalue weighted by Crippen LogP contribution is 2.23. The van der Waals surface area contributed by atoms with Crippen molar-refractivity contribution in [2.75, 3.05) is 11.9 Å². The van der Waals surface area contributed by atoms with Gasteiger partial charge in [0.05, 0.1) is 0 Å². The number of aliphatic hydroxyl groups excluding tert-OH is 1. The molecule has 1 aromatic carbocycles. The van der Waals surface area contributed by atoms with Crippen molar-refractivity contribution < 1.29 is 19.7 Å². The topological polar surface area (TPSA) is 78.8 Å². The molecule has 3 N–H and O–H groups in total. The molecule has 0 radical (unpaired) electrons. The first-order chi connectivity index (χ1) is 8.81. The predicted octanol–water partition coefficient (Wildman–Crippen LogP) is 2.66. The van der Waals surface area contributed by atoms with Crippen LogP contribution in [-0.2, 0) is 11.2 Å². The number of phenols is 1. The molecule has 1 aromatic rings. The quantitative estimate of drug-likeness (QED) is 0.733. The molecule has 0 heterocycles. The Balaban J connectivity index is 2.71. The van der Waals surface area contributed by atoms with Crippen LogP contribution in [0.5, 0.6) is 5.75 Å². The number of carbonyl (C=O) groups excluding carboxylic acids is 1. The van der Waals surface area contributed by atoms with Gasteiger partial charge in [-0.05, 0) is 57.4 Å². The predicted molar refractivity (Wildman–Crippen MR) is 73.4 cm³/mol. The molecule has 1 amide bonds. The van der Waals surface area contributed by atoms with Gasteiger partial charge in [0.2, 0.25) is 0 Å². The van der Waals surface area contributed by atoms with Crippen LogP contribution in [-0.4, -0.2) is 28.5 Å². The molecule has 0 bridgehead atoms. The number of phenolic OH excluding ortho intramolecular Hbond substituents is 1. The van der Waals surface area contributed by atoms with Crippen molar-refractivity contribution in [3.8, 4) is 5.75 Å². The van der Waals surface area contributed by atoms with E-state index >= 15 is 0 Å². The van der Waals surface area contributed by atoms with Crippen LogP contribution < -0.4 is 5.32 Å². The molecule has 0 atom stereocenters. The summed E-state index contributed by atoms with van der Waals surface area (Å²) in [6.45, 7) is 5.42. The summed E-state index contributed by atoms with van der Waals surface area (Å²) in [6.07, 6.45) is 0.571. The zero-order valence-electron chi connectivity index (χ0n) is 11.6. The maximum atomic E-state index is 11.6. The Kier molecular flexibility index (Phi) is 5.18. The van der Waals surface area contributed by atoms with Gasteiger partial charge in [0.15, 0.2) is 0 Å². The SMILES string of the molecule is CC(C)(C)OC(=O)Nc1ccc(O)c(CCCO)c1. The molecule has 19 heavy (non-hydrogen) atoms. The van der Waals surface area contributed by atoms with Crippen LogP contribution in [0.25, 0.3) is 0 Å². The third kappa shape index (κ3) is 5.61. The van der Waals surface area contributed by atoms with Crippen LogP contribution in [0, 0.1) is 0 Å². The van der Waals surface area contributed by atoms with Gasteiger partial charge < -0.3 is 14.9 Å². The number of anilines is 1. The lowest BCUT2D eigenvalue weighted by atomic mass is 10.1. The van der Waals surface area contributed by atoms with Gasteiger partial charge in [0.1, 0.15) is 11.4 Å². The minimum Gasteiger partial charge on any atom is -0.508 e. The summed E-state index contributed by atoms with van der Waals surface area (Å²) >= 11 is 0. The second-order valence-corrected chi connectivity index (χ2v) is 5.30. The van der Waals surface area contributed by atoms with Crippen molar-refractivity contribution in [3.05, 3.63) is 23.8 Å². The first kappa shape index (κ1) is 15.3. The van der Waals surface area contributed by atoms with Gasteiger partial charge in [-0.25, -0.2) is 4.79 Å². The smallest absolute Gasteiger partial charge is 0.412 e. The number of rotatable bonds is 4. The second-order valence-electron chi connectivity index (χ2n) is 5.30. The summed E-state index contributed by atoms with van der Waals surface area (Å²) in [7, 11) is 0. The maximum Gasteiger partial charge on any atom is 0.412 e. The molecule has 0 aromatic heterocycles. The Morgan fingerprint density at radius 2 is 2.05 bits per heavy atom. The van der Waals surface area contributed by atoms with Crippen molar-refractivity contribution >= 4 is 11.8 Å². The number of nitrogens with one attached hydrogen (secondary N) is 1. The molecule has 5 nitrogen and oxygen atoms in total. The molecule has 0 aliphatic carbocycles. The number of amides is 1. The summed E-state index contributed by atoms with van der Waals surface area (Å²) in [5.41, 5.74) is 0.684. The molecule has 0 unspecified atom stereocenters. The number of aliphatic hydroxyl groups is 1. The van der Waals surface area contributed by atoms with Crippen LogP contribution in [0.2, 0.25) is 0 Å². The molecule has 0 saturated carbocycles. The number of aromatic hydroxyl groups is 1. The highest BCUT2D eigenvalue weighted by atomic mass is 16.6. The molecule has 0 aliphatic heterocycles. The monoisotopic (exact) mass is 267 g/mol. The first-order valence-electron chi connectivity index (χ1n) is 6.24. The Bertz CT molecular complexity index is 438. The minimum atomic E-state index is -0.555. The zero-order chi connectivity index (χ0) is 14.5. The third-order valence-corrected chi connectivity index (χ3v) is 2.33. The third-order valence-electron chi connectivity index (χ3n) is 2.33. The fourth-order valence-corrected chi connectivity index (χ4v) is 1.55. The van der Waals surface area contributed by atoms with E-state index in [0.29, 0.717) is 24.1 Å². The number of hydrogen-bond acceptors (Lipinski definition) is 4. The van der Waals surface area contributed by atoms with Crippen LogP contribution in [0.3, 0.4) is 0 Å². The number of ether oxygens (including phenoxy) is 1.